The highest BCUT2D eigenvalue weighted by molar-refractivity contribution is 6.06. The van der Waals surface area contributed by atoms with E-state index >= 15 is 0 Å². The third kappa shape index (κ3) is 3.65. The van der Waals surface area contributed by atoms with Gasteiger partial charge in [0.2, 0.25) is 0 Å². The number of aliphatic hydroxyl groups is 1. The van der Waals surface area contributed by atoms with Crippen molar-refractivity contribution in [3.8, 4) is 11.8 Å². The number of aliphatic hydroxyl groups excluding tert-OH is 1. The molecule has 3 nitrogen and oxygen atoms in total. The SMILES string of the molecule is O=C(Nc1cc(F)ccc1F)c1ccccc1C#CCO. The molecular weight excluding hydrogens is 276 g/mol. The highest BCUT2D eigenvalue weighted by Crippen LogP contribution is 2.17. The number of carbonyl (C=O) groups excluding carboxylic acids is 1. The van der Waals surface area contributed by atoms with Crippen molar-refractivity contribution in [3.05, 3.63) is 65.2 Å². The fraction of sp³-hybridized carbons (Fsp3) is 0.0625. The Morgan fingerprint density at radius 2 is 1.95 bits per heavy atom. The van der Waals surface area contributed by atoms with Crippen LogP contribution in [-0.2, 0) is 0 Å². The number of hydrogen-bond acceptors (Lipinski definition) is 2. The summed E-state index contributed by atoms with van der Waals surface area (Å²) in [5.41, 5.74) is 0.355. The van der Waals surface area contributed by atoms with Gasteiger partial charge in [0, 0.05) is 11.6 Å². The first-order valence-electron chi connectivity index (χ1n) is 6.07. The zero-order valence-corrected chi connectivity index (χ0v) is 10.9. The number of halogens is 2. The first-order chi connectivity index (χ1) is 10.1. The van der Waals surface area contributed by atoms with Crippen LogP contribution in [0.15, 0.2) is 42.5 Å². The van der Waals surface area contributed by atoms with Crippen molar-refractivity contribution in [3.63, 3.8) is 0 Å². The molecule has 21 heavy (non-hydrogen) atoms. The molecule has 0 radical (unpaired) electrons. The number of rotatable bonds is 2. The van der Waals surface area contributed by atoms with Gasteiger partial charge in [0.05, 0.1) is 11.3 Å². The lowest BCUT2D eigenvalue weighted by atomic mass is 10.1. The quantitative estimate of drug-likeness (QED) is 0.834. The molecule has 0 bridgehead atoms. The predicted molar refractivity (Wildman–Crippen MR) is 74.7 cm³/mol. The van der Waals surface area contributed by atoms with Gasteiger partial charge >= 0.3 is 0 Å². The fourth-order valence-corrected chi connectivity index (χ4v) is 1.71. The van der Waals surface area contributed by atoms with E-state index in [0.717, 1.165) is 18.2 Å². The maximum Gasteiger partial charge on any atom is 0.257 e. The smallest absolute Gasteiger partial charge is 0.257 e. The monoisotopic (exact) mass is 287 g/mol. The number of benzene rings is 2. The van der Waals surface area contributed by atoms with Gasteiger partial charge in [-0.05, 0) is 24.3 Å². The van der Waals surface area contributed by atoms with Crippen molar-refractivity contribution in [2.45, 2.75) is 0 Å². The summed E-state index contributed by atoms with van der Waals surface area (Å²) in [6, 6.07) is 9.21. The second kappa shape index (κ2) is 6.64. The normalized spacial score (nSPS) is 9.67. The minimum Gasteiger partial charge on any atom is -0.384 e. The molecule has 106 valence electrons. The summed E-state index contributed by atoms with van der Waals surface area (Å²) in [4.78, 5) is 12.1. The van der Waals surface area contributed by atoms with E-state index in [0.29, 0.717) is 5.56 Å². The van der Waals surface area contributed by atoms with Crippen LogP contribution in [0.3, 0.4) is 0 Å². The van der Waals surface area contributed by atoms with Crippen molar-refractivity contribution in [2.75, 3.05) is 11.9 Å². The Morgan fingerprint density at radius 3 is 2.71 bits per heavy atom. The third-order valence-electron chi connectivity index (χ3n) is 2.65. The Hall–Kier alpha value is -2.71. The van der Waals surface area contributed by atoms with Gasteiger partial charge in [-0.1, -0.05) is 24.0 Å². The summed E-state index contributed by atoms with van der Waals surface area (Å²) in [6.07, 6.45) is 0. The van der Waals surface area contributed by atoms with Gasteiger partial charge in [0.1, 0.15) is 18.2 Å². The Kier molecular flexibility index (Phi) is 4.64. The fourth-order valence-electron chi connectivity index (χ4n) is 1.71. The lowest BCUT2D eigenvalue weighted by Gasteiger charge is -2.08. The molecule has 2 rings (SSSR count). The summed E-state index contributed by atoms with van der Waals surface area (Å²) in [5, 5.41) is 11.0. The molecule has 0 aliphatic carbocycles. The summed E-state index contributed by atoms with van der Waals surface area (Å²) >= 11 is 0. The van der Waals surface area contributed by atoms with Crippen molar-refractivity contribution >= 4 is 11.6 Å². The Bertz CT molecular complexity index is 733. The van der Waals surface area contributed by atoms with E-state index in [-0.39, 0.29) is 17.9 Å². The van der Waals surface area contributed by atoms with Crippen LogP contribution in [0.1, 0.15) is 15.9 Å². The van der Waals surface area contributed by atoms with Gasteiger partial charge in [0.15, 0.2) is 0 Å². The van der Waals surface area contributed by atoms with Gasteiger partial charge in [-0.25, -0.2) is 8.78 Å². The molecule has 0 aromatic heterocycles. The van der Waals surface area contributed by atoms with Crippen LogP contribution in [0.5, 0.6) is 0 Å². The highest BCUT2D eigenvalue weighted by atomic mass is 19.1. The summed E-state index contributed by atoms with van der Waals surface area (Å²) in [7, 11) is 0. The topological polar surface area (TPSA) is 49.3 Å². The van der Waals surface area contributed by atoms with E-state index in [1.54, 1.807) is 18.2 Å². The molecule has 0 heterocycles. The van der Waals surface area contributed by atoms with Gasteiger partial charge < -0.3 is 10.4 Å². The summed E-state index contributed by atoms with van der Waals surface area (Å²) < 4.78 is 26.6. The molecule has 0 aliphatic heterocycles. The summed E-state index contributed by atoms with van der Waals surface area (Å²) in [5.74, 6) is 3.07. The number of hydrogen-bond donors (Lipinski definition) is 2. The minimum atomic E-state index is -0.733. The third-order valence-corrected chi connectivity index (χ3v) is 2.65. The van der Waals surface area contributed by atoms with Gasteiger partial charge in [-0.2, -0.15) is 0 Å². The van der Waals surface area contributed by atoms with E-state index in [1.807, 2.05) is 0 Å². The zero-order chi connectivity index (χ0) is 15.2. The summed E-state index contributed by atoms with van der Waals surface area (Å²) in [6.45, 7) is -0.339. The van der Waals surface area contributed by atoms with E-state index in [1.165, 1.54) is 6.07 Å². The average Bonchev–Trinajstić information content (AvgIpc) is 2.49. The van der Waals surface area contributed by atoms with Gasteiger partial charge in [-0.3, -0.25) is 4.79 Å². The molecule has 0 fully saturated rings. The van der Waals surface area contributed by atoms with Crippen LogP contribution in [0.25, 0.3) is 0 Å². The maximum atomic E-state index is 13.5. The average molecular weight is 287 g/mol. The van der Waals surface area contributed by atoms with E-state index in [9.17, 15) is 13.6 Å². The minimum absolute atomic E-state index is 0.210. The lowest BCUT2D eigenvalue weighted by molar-refractivity contribution is 0.102. The number of amides is 1. The van der Waals surface area contributed by atoms with Crippen LogP contribution in [-0.4, -0.2) is 17.6 Å². The molecule has 0 saturated carbocycles. The maximum absolute atomic E-state index is 13.5. The van der Waals surface area contributed by atoms with Gasteiger partial charge in [0.25, 0.3) is 5.91 Å². The lowest BCUT2D eigenvalue weighted by Crippen LogP contribution is -2.14. The Labute approximate surface area is 120 Å². The Morgan fingerprint density at radius 1 is 1.19 bits per heavy atom. The van der Waals surface area contributed by atoms with Crippen LogP contribution >= 0.6 is 0 Å². The number of anilines is 1. The molecule has 2 N–H and O–H groups in total. The standard InChI is InChI=1S/C16H11F2NO2/c17-12-7-8-14(18)15(10-12)19-16(21)13-6-2-1-4-11(13)5-3-9-20/h1-2,4,6-8,10,20H,9H2,(H,19,21). The molecule has 2 aromatic rings. The van der Waals surface area contributed by atoms with Crippen LogP contribution in [0.4, 0.5) is 14.5 Å². The molecule has 5 heteroatoms. The second-order valence-corrected chi connectivity index (χ2v) is 4.08. The molecule has 0 spiro atoms. The molecular formula is C16H11F2NO2. The molecule has 0 aliphatic rings. The van der Waals surface area contributed by atoms with Crippen LogP contribution in [0, 0.1) is 23.5 Å². The van der Waals surface area contributed by atoms with E-state index < -0.39 is 17.5 Å². The number of nitrogens with one attached hydrogen (secondary N) is 1. The number of carbonyl (C=O) groups is 1. The van der Waals surface area contributed by atoms with Gasteiger partial charge in [-0.15, -0.1) is 0 Å². The molecule has 1 amide bonds. The van der Waals surface area contributed by atoms with Crippen LogP contribution in [0.2, 0.25) is 0 Å². The van der Waals surface area contributed by atoms with E-state index in [4.69, 9.17) is 5.11 Å². The largest absolute Gasteiger partial charge is 0.384 e. The molecule has 0 saturated heterocycles. The zero-order valence-electron chi connectivity index (χ0n) is 10.9. The van der Waals surface area contributed by atoms with Crippen molar-refractivity contribution in [1.29, 1.82) is 0 Å². The molecule has 2 aromatic carbocycles. The van der Waals surface area contributed by atoms with Crippen LogP contribution < -0.4 is 5.32 Å². The molecule has 0 atom stereocenters. The van der Waals surface area contributed by atoms with Crippen molar-refractivity contribution in [2.24, 2.45) is 0 Å². The van der Waals surface area contributed by atoms with Crippen molar-refractivity contribution < 1.29 is 18.7 Å². The first-order valence-corrected chi connectivity index (χ1v) is 6.07. The van der Waals surface area contributed by atoms with E-state index in [2.05, 4.69) is 17.2 Å². The Balaban J connectivity index is 2.31. The second-order valence-electron chi connectivity index (χ2n) is 4.08. The molecule has 0 unspecified atom stereocenters. The predicted octanol–water partition coefficient (Wildman–Crippen LogP) is 2.56. The highest BCUT2D eigenvalue weighted by Gasteiger charge is 2.12. The van der Waals surface area contributed by atoms with Crippen molar-refractivity contribution in [1.82, 2.24) is 0 Å². The first kappa shape index (κ1) is 14.7.